The third kappa shape index (κ3) is 2.91. The molecule has 0 saturated heterocycles. The van der Waals surface area contributed by atoms with Crippen molar-refractivity contribution in [2.45, 2.75) is 4.90 Å². The molecule has 156 valence electrons. The molecule has 0 amide bonds. The van der Waals surface area contributed by atoms with E-state index >= 15 is 0 Å². The summed E-state index contributed by atoms with van der Waals surface area (Å²) in [6.45, 7) is 0. The largest absolute Gasteiger partial charge is 0.493 e. The first kappa shape index (κ1) is 19.9. The van der Waals surface area contributed by atoms with Crippen LogP contribution in [0.15, 0.2) is 59.5 Å². The van der Waals surface area contributed by atoms with Gasteiger partial charge in [-0.05, 0) is 24.3 Å². The van der Waals surface area contributed by atoms with Crippen molar-refractivity contribution < 1.29 is 27.4 Å². The van der Waals surface area contributed by atoms with Crippen LogP contribution in [0.25, 0.3) is 21.8 Å². The van der Waals surface area contributed by atoms with Gasteiger partial charge >= 0.3 is 0 Å². The lowest BCUT2D eigenvalue weighted by Gasteiger charge is -2.12. The number of ether oxygens (including phenoxy) is 4. The first-order valence-electron chi connectivity index (χ1n) is 9.09. The summed E-state index contributed by atoms with van der Waals surface area (Å²) in [6, 6.07) is 15.1. The van der Waals surface area contributed by atoms with Crippen molar-refractivity contribution in [3.63, 3.8) is 0 Å². The third-order valence-electron chi connectivity index (χ3n) is 5.01. The van der Waals surface area contributed by atoms with Gasteiger partial charge in [0.1, 0.15) is 0 Å². The molecule has 1 aromatic heterocycles. The lowest BCUT2D eigenvalue weighted by molar-refractivity contribution is 0.355. The van der Waals surface area contributed by atoms with Crippen LogP contribution in [0.2, 0.25) is 0 Å². The fourth-order valence-electron chi connectivity index (χ4n) is 3.59. The van der Waals surface area contributed by atoms with Gasteiger partial charge in [0.15, 0.2) is 23.0 Å². The Hall–Kier alpha value is -3.39. The second-order valence-corrected chi connectivity index (χ2v) is 8.32. The maximum absolute atomic E-state index is 13.6. The van der Waals surface area contributed by atoms with Crippen LogP contribution in [-0.2, 0) is 10.0 Å². The highest BCUT2D eigenvalue weighted by molar-refractivity contribution is 7.90. The number of nitrogens with zero attached hydrogens (tertiary/aromatic N) is 1. The van der Waals surface area contributed by atoms with Crippen molar-refractivity contribution in [1.82, 2.24) is 3.97 Å². The summed E-state index contributed by atoms with van der Waals surface area (Å²) >= 11 is 0. The lowest BCUT2D eigenvalue weighted by Crippen LogP contribution is -2.12. The highest BCUT2D eigenvalue weighted by atomic mass is 32.2. The standard InChI is InChI=1S/C22H21NO6S/c1-26-19-10-15-16-11-20(27-2)22(29-4)13-18(16)23(17(15)12-21(19)28-3)30(24,25)14-8-6-5-7-9-14/h5-13H,1-4H3. The molecule has 0 fully saturated rings. The average molecular weight is 427 g/mol. The van der Waals surface area contributed by atoms with Crippen LogP contribution in [-0.4, -0.2) is 40.8 Å². The minimum Gasteiger partial charge on any atom is -0.493 e. The van der Waals surface area contributed by atoms with Crippen molar-refractivity contribution in [2.24, 2.45) is 0 Å². The first-order chi connectivity index (χ1) is 14.5. The fourth-order valence-corrected chi connectivity index (χ4v) is 5.12. The van der Waals surface area contributed by atoms with Gasteiger partial charge in [0.2, 0.25) is 0 Å². The molecule has 0 unspecified atom stereocenters. The summed E-state index contributed by atoms with van der Waals surface area (Å²) in [5.41, 5.74) is 0.920. The molecule has 7 nitrogen and oxygen atoms in total. The Morgan fingerprint density at radius 3 is 1.43 bits per heavy atom. The van der Waals surface area contributed by atoms with Crippen LogP contribution >= 0.6 is 0 Å². The Bertz CT molecular complexity index is 1270. The van der Waals surface area contributed by atoms with Crippen LogP contribution in [0.1, 0.15) is 0 Å². The molecule has 0 aliphatic heterocycles. The van der Waals surface area contributed by atoms with E-state index in [9.17, 15) is 8.42 Å². The number of rotatable bonds is 6. The Morgan fingerprint density at radius 1 is 0.633 bits per heavy atom. The summed E-state index contributed by atoms with van der Waals surface area (Å²) in [6.07, 6.45) is 0. The topological polar surface area (TPSA) is 76.0 Å². The highest BCUT2D eigenvalue weighted by Gasteiger charge is 2.26. The van der Waals surface area contributed by atoms with Gasteiger partial charge in [-0.3, -0.25) is 0 Å². The molecule has 3 aromatic carbocycles. The monoisotopic (exact) mass is 427 g/mol. The minimum atomic E-state index is -3.91. The molecule has 30 heavy (non-hydrogen) atoms. The Balaban J connectivity index is 2.21. The first-order valence-corrected chi connectivity index (χ1v) is 10.5. The van der Waals surface area contributed by atoms with Crippen molar-refractivity contribution in [2.75, 3.05) is 28.4 Å². The molecule has 0 aliphatic rings. The molecule has 0 bridgehead atoms. The van der Waals surface area contributed by atoms with Gasteiger partial charge in [0, 0.05) is 22.9 Å². The number of aromatic nitrogens is 1. The summed E-state index contributed by atoms with van der Waals surface area (Å²) < 4.78 is 50.3. The second-order valence-electron chi connectivity index (χ2n) is 6.53. The van der Waals surface area contributed by atoms with Gasteiger partial charge in [-0.15, -0.1) is 0 Å². The predicted octanol–water partition coefficient (Wildman–Crippen LogP) is 4.07. The predicted molar refractivity (Wildman–Crippen MR) is 115 cm³/mol. The van der Waals surface area contributed by atoms with Crippen LogP contribution in [0.4, 0.5) is 0 Å². The van der Waals surface area contributed by atoms with E-state index in [1.807, 2.05) is 0 Å². The van der Waals surface area contributed by atoms with E-state index in [2.05, 4.69) is 0 Å². The number of hydrogen-bond donors (Lipinski definition) is 0. The Morgan fingerprint density at radius 2 is 1.03 bits per heavy atom. The van der Waals surface area contributed by atoms with Gasteiger partial charge in [-0.1, -0.05) is 18.2 Å². The molecule has 1 heterocycles. The Labute approximate surface area is 174 Å². The van der Waals surface area contributed by atoms with Gasteiger partial charge in [-0.25, -0.2) is 12.4 Å². The third-order valence-corrected chi connectivity index (χ3v) is 6.75. The summed E-state index contributed by atoms with van der Waals surface area (Å²) in [5.74, 6) is 1.85. The summed E-state index contributed by atoms with van der Waals surface area (Å²) in [4.78, 5) is 0.174. The molecule has 0 atom stereocenters. The smallest absolute Gasteiger partial charge is 0.268 e. The van der Waals surface area contributed by atoms with E-state index in [1.165, 1.54) is 32.4 Å². The molecule has 0 saturated carbocycles. The number of hydrogen-bond acceptors (Lipinski definition) is 6. The van der Waals surface area contributed by atoms with E-state index in [0.29, 0.717) is 44.8 Å². The lowest BCUT2D eigenvalue weighted by atomic mass is 10.1. The van der Waals surface area contributed by atoms with Crippen LogP contribution in [0, 0.1) is 0 Å². The minimum absolute atomic E-state index is 0.174. The molecule has 8 heteroatoms. The van der Waals surface area contributed by atoms with Crippen molar-refractivity contribution >= 4 is 31.8 Å². The Kier molecular flexibility index (Phi) is 4.95. The summed E-state index contributed by atoms with van der Waals surface area (Å²) in [5, 5.41) is 1.37. The molecule has 0 aliphatic carbocycles. The maximum atomic E-state index is 13.6. The maximum Gasteiger partial charge on any atom is 0.268 e. The van der Waals surface area contributed by atoms with E-state index in [4.69, 9.17) is 18.9 Å². The summed E-state index contributed by atoms with van der Waals surface area (Å²) in [7, 11) is 2.17. The number of fused-ring (bicyclic) bond motifs is 3. The SMILES string of the molecule is COc1cc2c3cc(OC)c(OC)cc3n(S(=O)(=O)c3ccccc3)c2cc1OC. The molecule has 0 radical (unpaired) electrons. The van der Waals surface area contributed by atoms with E-state index in [1.54, 1.807) is 54.6 Å². The molecule has 0 N–H and O–H groups in total. The van der Waals surface area contributed by atoms with E-state index in [0.717, 1.165) is 0 Å². The van der Waals surface area contributed by atoms with Gasteiger partial charge in [-0.2, -0.15) is 0 Å². The zero-order valence-corrected chi connectivity index (χ0v) is 17.8. The zero-order chi connectivity index (χ0) is 21.5. The van der Waals surface area contributed by atoms with E-state index < -0.39 is 10.0 Å². The van der Waals surface area contributed by atoms with Gasteiger partial charge in [0.05, 0.1) is 44.4 Å². The van der Waals surface area contributed by atoms with Gasteiger partial charge < -0.3 is 18.9 Å². The number of methoxy groups -OCH3 is 4. The van der Waals surface area contributed by atoms with Crippen LogP contribution in [0.5, 0.6) is 23.0 Å². The van der Waals surface area contributed by atoms with Crippen molar-refractivity contribution in [3.05, 3.63) is 54.6 Å². The van der Waals surface area contributed by atoms with Crippen LogP contribution in [0.3, 0.4) is 0 Å². The molecular formula is C22H21NO6S. The van der Waals surface area contributed by atoms with Crippen molar-refractivity contribution in [3.8, 4) is 23.0 Å². The normalized spacial score (nSPS) is 11.6. The van der Waals surface area contributed by atoms with Crippen molar-refractivity contribution in [1.29, 1.82) is 0 Å². The van der Waals surface area contributed by atoms with Gasteiger partial charge in [0.25, 0.3) is 10.0 Å². The van der Waals surface area contributed by atoms with Crippen LogP contribution < -0.4 is 18.9 Å². The molecule has 0 spiro atoms. The second kappa shape index (κ2) is 7.46. The molecule has 4 rings (SSSR count). The van der Waals surface area contributed by atoms with E-state index in [-0.39, 0.29) is 4.90 Å². The average Bonchev–Trinajstić information content (AvgIpc) is 3.10. The quantitative estimate of drug-likeness (QED) is 0.462. The molecular weight excluding hydrogens is 406 g/mol. The molecule has 4 aromatic rings. The number of benzene rings is 3. The zero-order valence-electron chi connectivity index (χ0n) is 17.0. The fraction of sp³-hybridized carbons (Fsp3) is 0.182. The highest BCUT2D eigenvalue weighted by Crippen LogP contribution is 2.43.